The first-order valence-corrected chi connectivity index (χ1v) is 6.50. The van der Waals surface area contributed by atoms with Crippen molar-refractivity contribution in [2.75, 3.05) is 13.2 Å². The van der Waals surface area contributed by atoms with Gasteiger partial charge in [0.25, 0.3) is 0 Å². The molecule has 6 nitrogen and oxygen atoms in total. The Morgan fingerprint density at radius 3 is 2.61 bits per heavy atom. The van der Waals surface area contributed by atoms with Gasteiger partial charge in [-0.25, -0.2) is 4.79 Å². The van der Waals surface area contributed by atoms with Gasteiger partial charge in [-0.2, -0.15) is 0 Å². The van der Waals surface area contributed by atoms with Crippen molar-refractivity contribution in [3.63, 3.8) is 0 Å². The quantitative estimate of drug-likeness (QED) is 0.527. The van der Waals surface area contributed by atoms with E-state index in [0.29, 0.717) is 13.0 Å². The van der Waals surface area contributed by atoms with Crippen molar-refractivity contribution in [3.8, 4) is 0 Å². The highest BCUT2D eigenvalue weighted by Gasteiger charge is 2.25. The van der Waals surface area contributed by atoms with Crippen molar-refractivity contribution in [1.29, 1.82) is 0 Å². The molecule has 2 atom stereocenters. The summed E-state index contributed by atoms with van der Waals surface area (Å²) in [6.45, 7) is 0.457. The maximum absolute atomic E-state index is 11.6. The molecule has 1 saturated carbocycles. The summed E-state index contributed by atoms with van der Waals surface area (Å²) in [5.74, 6) is -0.714. The fraction of sp³-hybridized carbons (Fsp3) is 0.833. The van der Waals surface area contributed by atoms with E-state index in [9.17, 15) is 14.7 Å². The highest BCUT2D eigenvalue weighted by Crippen LogP contribution is 2.23. The summed E-state index contributed by atoms with van der Waals surface area (Å²) >= 11 is 0. The van der Waals surface area contributed by atoms with Gasteiger partial charge >= 0.3 is 12.0 Å². The SMILES string of the molecule is O=C(O)CCCNC(=O)NC1CCCCC1CO. The Balaban J connectivity index is 2.19. The van der Waals surface area contributed by atoms with Gasteiger partial charge in [0.1, 0.15) is 0 Å². The largest absolute Gasteiger partial charge is 0.481 e. The first kappa shape index (κ1) is 14.8. The minimum atomic E-state index is -0.857. The van der Waals surface area contributed by atoms with Crippen LogP contribution in [0.4, 0.5) is 4.79 Å². The molecule has 2 unspecified atom stereocenters. The van der Waals surface area contributed by atoms with Gasteiger partial charge in [-0.3, -0.25) is 4.79 Å². The molecule has 4 N–H and O–H groups in total. The van der Waals surface area contributed by atoms with E-state index in [1.165, 1.54) is 0 Å². The van der Waals surface area contributed by atoms with Crippen LogP contribution in [0.2, 0.25) is 0 Å². The first-order valence-electron chi connectivity index (χ1n) is 6.50. The predicted molar refractivity (Wildman–Crippen MR) is 66.2 cm³/mol. The van der Waals surface area contributed by atoms with Crippen molar-refractivity contribution in [2.45, 2.75) is 44.6 Å². The summed E-state index contributed by atoms with van der Waals surface area (Å²) in [6.07, 6.45) is 4.50. The lowest BCUT2D eigenvalue weighted by Crippen LogP contribution is -2.47. The Morgan fingerprint density at radius 1 is 1.22 bits per heavy atom. The molecule has 0 spiro atoms. The second-order valence-electron chi connectivity index (χ2n) is 4.73. The van der Waals surface area contributed by atoms with Gasteiger partial charge in [0.05, 0.1) is 0 Å². The second-order valence-corrected chi connectivity index (χ2v) is 4.73. The van der Waals surface area contributed by atoms with Crippen LogP contribution in [0, 0.1) is 5.92 Å². The molecular weight excluding hydrogens is 236 g/mol. The predicted octanol–water partition coefficient (Wildman–Crippen LogP) is 0.701. The zero-order chi connectivity index (χ0) is 13.4. The zero-order valence-corrected chi connectivity index (χ0v) is 10.5. The number of aliphatic hydroxyl groups is 1. The monoisotopic (exact) mass is 258 g/mol. The molecule has 1 aliphatic rings. The molecule has 0 aromatic heterocycles. The molecule has 2 amide bonds. The van der Waals surface area contributed by atoms with Crippen LogP contribution in [0.1, 0.15) is 38.5 Å². The summed E-state index contributed by atoms with van der Waals surface area (Å²) in [7, 11) is 0. The number of hydrogen-bond acceptors (Lipinski definition) is 3. The van der Waals surface area contributed by atoms with E-state index in [0.717, 1.165) is 25.7 Å². The van der Waals surface area contributed by atoms with Crippen molar-refractivity contribution in [2.24, 2.45) is 5.92 Å². The minimum absolute atomic E-state index is 0.0308. The number of amides is 2. The molecular formula is C12H22N2O4. The molecule has 1 aliphatic carbocycles. The van der Waals surface area contributed by atoms with Crippen LogP contribution >= 0.6 is 0 Å². The molecule has 1 fully saturated rings. The fourth-order valence-electron chi connectivity index (χ4n) is 2.28. The molecule has 0 heterocycles. The normalized spacial score (nSPS) is 23.4. The number of carbonyl (C=O) groups is 2. The van der Waals surface area contributed by atoms with E-state index in [-0.39, 0.29) is 31.0 Å². The van der Waals surface area contributed by atoms with Crippen molar-refractivity contribution < 1.29 is 19.8 Å². The Hall–Kier alpha value is -1.30. The third kappa shape index (κ3) is 5.35. The van der Waals surface area contributed by atoms with Gasteiger partial charge in [0.2, 0.25) is 0 Å². The van der Waals surface area contributed by atoms with Crippen molar-refractivity contribution in [1.82, 2.24) is 10.6 Å². The Bertz CT molecular complexity index is 283. The number of carboxylic acids is 1. The summed E-state index contributed by atoms with van der Waals surface area (Å²) in [5, 5.41) is 23.1. The lowest BCUT2D eigenvalue weighted by molar-refractivity contribution is -0.137. The van der Waals surface area contributed by atoms with Crippen LogP contribution in [-0.2, 0) is 4.79 Å². The maximum Gasteiger partial charge on any atom is 0.315 e. The van der Waals surface area contributed by atoms with Crippen LogP contribution in [-0.4, -0.2) is 41.4 Å². The number of aliphatic hydroxyl groups excluding tert-OH is 1. The van der Waals surface area contributed by atoms with Gasteiger partial charge in [-0.05, 0) is 19.3 Å². The lowest BCUT2D eigenvalue weighted by Gasteiger charge is -2.30. The molecule has 0 radical (unpaired) electrons. The molecule has 0 aromatic carbocycles. The van der Waals surface area contributed by atoms with Crippen LogP contribution in [0.15, 0.2) is 0 Å². The fourth-order valence-corrected chi connectivity index (χ4v) is 2.28. The Morgan fingerprint density at radius 2 is 1.94 bits per heavy atom. The van der Waals surface area contributed by atoms with E-state index in [2.05, 4.69) is 10.6 Å². The maximum atomic E-state index is 11.6. The Labute approximate surface area is 107 Å². The number of hydrogen-bond donors (Lipinski definition) is 4. The average Bonchev–Trinajstić information content (AvgIpc) is 2.35. The van der Waals surface area contributed by atoms with Crippen molar-refractivity contribution >= 4 is 12.0 Å². The van der Waals surface area contributed by atoms with Crippen LogP contribution in [0.5, 0.6) is 0 Å². The Kier molecular flexibility index (Phi) is 6.49. The van der Waals surface area contributed by atoms with E-state index in [4.69, 9.17) is 5.11 Å². The average molecular weight is 258 g/mol. The topological polar surface area (TPSA) is 98.7 Å². The molecule has 0 saturated heterocycles. The van der Waals surface area contributed by atoms with Crippen LogP contribution in [0.3, 0.4) is 0 Å². The summed E-state index contributed by atoms with van der Waals surface area (Å²) < 4.78 is 0. The van der Waals surface area contributed by atoms with Gasteiger partial charge in [-0.15, -0.1) is 0 Å². The molecule has 0 aliphatic heterocycles. The third-order valence-electron chi connectivity index (χ3n) is 3.31. The highest BCUT2D eigenvalue weighted by atomic mass is 16.4. The molecule has 0 bridgehead atoms. The minimum Gasteiger partial charge on any atom is -0.481 e. The van der Waals surface area contributed by atoms with E-state index in [1.807, 2.05) is 0 Å². The van der Waals surface area contributed by atoms with Crippen LogP contribution < -0.4 is 10.6 Å². The summed E-state index contributed by atoms with van der Waals surface area (Å²) in [5.41, 5.74) is 0. The van der Waals surface area contributed by atoms with E-state index in [1.54, 1.807) is 0 Å². The molecule has 0 aromatic rings. The number of urea groups is 1. The van der Waals surface area contributed by atoms with E-state index < -0.39 is 5.97 Å². The van der Waals surface area contributed by atoms with Gasteiger partial charge in [-0.1, -0.05) is 12.8 Å². The van der Waals surface area contributed by atoms with Gasteiger partial charge in [0, 0.05) is 31.5 Å². The standard InChI is InChI=1S/C12H22N2O4/c15-8-9-4-1-2-5-10(9)14-12(18)13-7-3-6-11(16)17/h9-10,15H,1-8H2,(H,16,17)(H2,13,14,18). The first-order chi connectivity index (χ1) is 8.63. The second kappa shape index (κ2) is 7.92. The number of rotatable bonds is 6. The number of nitrogens with one attached hydrogen (secondary N) is 2. The van der Waals surface area contributed by atoms with Crippen LogP contribution in [0.25, 0.3) is 0 Å². The molecule has 1 rings (SSSR count). The summed E-state index contributed by atoms with van der Waals surface area (Å²) in [4.78, 5) is 21.9. The molecule has 18 heavy (non-hydrogen) atoms. The number of aliphatic carboxylic acids is 1. The zero-order valence-electron chi connectivity index (χ0n) is 10.5. The summed E-state index contributed by atoms with van der Waals surface area (Å²) in [6, 6.07) is -0.242. The molecule has 104 valence electrons. The third-order valence-corrected chi connectivity index (χ3v) is 3.31. The highest BCUT2D eigenvalue weighted by molar-refractivity contribution is 5.74. The van der Waals surface area contributed by atoms with Gasteiger partial charge < -0.3 is 20.8 Å². The number of carboxylic acid groups (broad SMARTS) is 1. The lowest BCUT2D eigenvalue weighted by atomic mass is 9.85. The van der Waals surface area contributed by atoms with E-state index >= 15 is 0 Å². The smallest absolute Gasteiger partial charge is 0.315 e. The van der Waals surface area contributed by atoms with Gasteiger partial charge in [0.15, 0.2) is 0 Å². The van der Waals surface area contributed by atoms with Crippen molar-refractivity contribution in [3.05, 3.63) is 0 Å². The molecule has 6 heteroatoms. The number of carbonyl (C=O) groups excluding carboxylic acids is 1.